The number of hydrogen-bond acceptors (Lipinski definition) is 4. The summed E-state index contributed by atoms with van der Waals surface area (Å²) in [4.78, 5) is 11.6. The third-order valence-corrected chi connectivity index (χ3v) is 6.33. The maximum atomic E-state index is 6.08. The van der Waals surface area contributed by atoms with Crippen LogP contribution in [0.2, 0.25) is 0 Å². The Morgan fingerprint density at radius 3 is 2.63 bits per heavy atom. The third-order valence-electron chi connectivity index (χ3n) is 6.33. The van der Waals surface area contributed by atoms with Gasteiger partial charge in [0.1, 0.15) is 0 Å². The molecule has 1 aromatic heterocycles. The molecule has 1 aliphatic heterocycles. The molecule has 5 rings (SSSR count). The zero-order valence-electron chi connectivity index (χ0n) is 17.3. The number of fused-ring (bicyclic) bond motifs is 1. The van der Waals surface area contributed by atoms with Gasteiger partial charge in [-0.3, -0.25) is 4.90 Å². The molecule has 4 heteroatoms. The second-order valence-corrected chi connectivity index (χ2v) is 8.53. The van der Waals surface area contributed by atoms with Crippen molar-refractivity contribution in [1.29, 1.82) is 0 Å². The lowest BCUT2D eigenvalue weighted by Gasteiger charge is -2.32. The van der Waals surface area contributed by atoms with E-state index in [1.54, 1.807) is 0 Å². The number of likely N-dealkylation sites (tertiary alicyclic amines) is 1. The maximum Gasteiger partial charge on any atom is 0.220 e. The van der Waals surface area contributed by atoms with Gasteiger partial charge in [0.15, 0.2) is 0 Å². The molecule has 2 aromatic carbocycles. The van der Waals surface area contributed by atoms with Crippen molar-refractivity contribution < 1.29 is 0 Å². The fourth-order valence-corrected chi connectivity index (χ4v) is 4.66. The molecule has 30 heavy (non-hydrogen) atoms. The summed E-state index contributed by atoms with van der Waals surface area (Å²) in [5.41, 5.74) is 13.3. The van der Waals surface area contributed by atoms with Crippen molar-refractivity contribution in [1.82, 2.24) is 14.9 Å². The van der Waals surface area contributed by atoms with E-state index in [1.807, 2.05) is 0 Å². The van der Waals surface area contributed by atoms with Gasteiger partial charge in [-0.1, -0.05) is 54.6 Å². The van der Waals surface area contributed by atoms with Gasteiger partial charge >= 0.3 is 0 Å². The van der Waals surface area contributed by atoms with Crippen LogP contribution in [0.15, 0.2) is 60.7 Å². The molecule has 0 amide bonds. The van der Waals surface area contributed by atoms with E-state index in [2.05, 4.69) is 81.6 Å². The van der Waals surface area contributed by atoms with Crippen molar-refractivity contribution in [2.24, 2.45) is 5.92 Å². The van der Waals surface area contributed by atoms with Crippen LogP contribution >= 0.6 is 0 Å². The Morgan fingerprint density at radius 1 is 0.967 bits per heavy atom. The van der Waals surface area contributed by atoms with E-state index in [-0.39, 0.29) is 0 Å². The first-order valence-electron chi connectivity index (χ1n) is 10.9. The number of rotatable bonds is 5. The van der Waals surface area contributed by atoms with Crippen LogP contribution in [0.4, 0.5) is 5.95 Å². The van der Waals surface area contributed by atoms with Crippen LogP contribution < -0.4 is 5.73 Å². The zero-order chi connectivity index (χ0) is 20.3. The molecule has 3 aromatic rings. The quantitative estimate of drug-likeness (QED) is 0.676. The number of aromatic nitrogens is 2. The molecule has 1 saturated heterocycles. The highest BCUT2D eigenvalue weighted by atomic mass is 15.1. The Bertz CT molecular complexity index is 1050. The third kappa shape index (κ3) is 4.29. The topological polar surface area (TPSA) is 55.0 Å². The van der Waals surface area contributed by atoms with Gasteiger partial charge in [0.2, 0.25) is 5.95 Å². The molecule has 0 spiro atoms. The van der Waals surface area contributed by atoms with Crippen molar-refractivity contribution in [2.45, 2.75) is 32.2 Å². The van der Waals surface area contributed by atoms with E-state index in [9.17, 15) is 0 Å². The first-order valence-corrected chi connectivity index (χ1v) is 10.9. The minimum atomic E-state index is 0.375. The van der Waals surface area contributed by atoms with Gasteiger partial charge in [-0.05, 0) is 73.5 Å². The summed E-state index contributed by atoms with van der Waals surface area (Å²) in [5.74, 6) is 1.03. The summed E-state index contributed by atoms with van der Waals surface area (Å²) >= 11 is 0. The second-order valence-electron chi connectivity index (χ2n) is 8.53. The fraction of sp³-hybridized carbons (Fsp3) is 0.308. The monoisotopic (exact) mass is 396 g/mol. The molecule has 0 radical (unpaired) electrons. The largest absolute Gasteiger partial charge is 0.368 e. The number of benzene rings is 2. The van der Waals surface area contributed by atoms with Gasteiger partial charge < -0.3 is 5.73 Å². The lowest BCUT2D eigenvalue weighted by molar-refractivity contribution is 0.176. The summed E-state index contributed by atoms with van der Waals surface area (Å²) in [6.07, 6.45) is 8.80. The average molecular weight is 397 g/mol. The van der Waals surface area contributed by atoms with Crippen molar-refractivity contribution in [3.63, 3.8) is 0 Å². The van der Waals surface area contributed by atoms with Crippen LogP contribution in [0.25, 0.3) is 17.3 Å². The van der Waals surface area contributed by atoms with Crippen LogP contribution in [0, 0.1) is 5.92 Å². The van der Waals surface area contributed by atoms with Crippen LogP contribution in [-0.4, -0.2) is 28.0 Å². The standard InChI is InChI=1S/C26H28N4/c27-26-28-24(17-25(29-26)23-10-9-21-7-4-8-22(21)16-23)15-19-11-13-30(14-12-19)18-20-5-2-1-3-6-20/h1-6,8-10,16-17,19H,7,11-15,18H2,(H2,27,28,29). The van der Waals surface area contributed by atoms with Crippen molar-refractivity contribution >= 4 is 12.0 Å². The van der Waals surface area contributed by atoms with Crippen LogP contribution in [0.1, 0.15) is 35.2 Å². The smallest absolute Gasteiger partial charge is 0.220 e. The van der Waals surface area contributed by atoms with Crippen LogP contribution in [0.5, 0.6) is 0 Å². The SMILES string of the molecule is Nc1nc(CC2CCN(Cc3ccccc3)CC2)cc(-c2ccc3c(c2)C=CC3)n1. The number of nitrogen functional groups attached to an aromatic ring is 1. The van der Waals surface area contributed by atoms with Gasteiger partial charge in [0, 0.05) is 17.8 Å². The molecule has 2 heterocycles. The van der Waals surface area contributed by atoms with E-state index >= 15 is 0 Å². The Kier molecular flexibility index (Phi) is 5.33. The summed E-state index contributed by atoms with van der Waals surface area (Å²) in [5, 5.41) is 0. The van der Waals surface area contributed by atoms with E-state index in [0.29, 0.717) is 11.9 Å². The number of nitrogens with zero attached hydrogens (tertiary/aromatic N) is 3. The van der Waals surface area contributed by atoms with Crippen molar-refractivity contribution in [3.05, 3.63) is 83.1 Å². The van der Waals surface area contributed by atoms with E-state index in [1.165, 1.54) is 29.5 Å². The van der Waals surface area contributed by atoms with Gasteiger partial charge in [-0.25, -0.2) is 9.97 Å². The minimum Gasteiger partial charge on any atom is -0.368 e. The van der Waals surface area contributed by atoms with E-state index < -0.39 is 0 Å². The molecule has 2 N–H and O–H groups in total. The number of piperidine rings is 1. The molecule has 0 atom stereocenters. The van der Waals surface area contributed by atoms with Gasteiger partial charge in [0.25, 0.3) is 0 Å². The van der Waals surface area contributed by atoms with Crippen LogP contribution in [0.3, 0.4) is 0 Å². The summed E-state index contributed by atoms with van der Waals surface area (Å²) < 4.78 is 0. The lowest BCUT2D eigenvalue weighted by Crippen LogP contribution is -2.34. The number of hydrogen-bond donors (Lipinski definition) is 1. The molecular formula is C26H28N4. The van der Waals surface area contributed by atoms with Gasteiger partial charge in [-0.2, -0.15) is 0 Å². The van der Waals surface area contributed by atoms with Gasteiger partial charge in [0.05, 0.1) is 5.69 Å². The molecule has 1 aliphatic carbocycles. The number of allylic oxidation sites excluding steroid dienone is 1. The normalized spacial score (nSPS) is 16.7. The van der Waals surface area contributed by atoms with E-state index in [4.69, 9.17) is 5.73 Å². The number of nitrogens with two attached hydrogens (primary N) is 1. The average Bonchev–Trinajstić information content (AvgIpc) is 3.23. The molecule has 0 bridgehead atoms. The fourth-order valence-electron chi connectivity index (χ4n) is 4.66. The highest BCUT2D eigenvalue weighted by Crippen LogP contribution is 2.28. The Labute approximate surface area is 178 Å². The summed E-state index contributed by atoms with van der Waals surface area (Å²) in [7, 11) is 0. The predicted octanol–water partition coefficient (Wildman–Crippen LogP) is 4.75. The molecule has 2 aliphatic rings. The van der Waals surface area contributed by atoms with Gasteiger partial charge in [-0.15, -0.1) is 0 Å². The predicted molar refractivity (Wildman–Crippen MR) is 123 cm³/mol. The lowest BCUT2D eigenvalue weighted by atomic mass is 9.91. The molecule has 152 valence electrons. The molecule has 4 nitrogen and oxygen atoms in total. The Morgan fingerprint density at radius 2 is 1.80 bits per heavy atom. The highest BCUT2D eigenvalue weighted by Gasteiger charge is 2.21. The highest BCUT2D eigenvalue weighted by molar-refractivity contribution is 5.69. The first-order chi connectivity index (χ1) is 14.7. The summed E-state index contributed by atoms with van der Waals surface area (Å²) in [6, 6.07) is 19.5. The van der Waals surface area contributed by atoms with Crippen molar-refractivity contribution in [2.75, 3.05) is 18.8 Å². The number of anilines is 1. The first kappa shape index (κ1) is 19.0. The molecular weight excluding hydrogens is 368 g/mol. The van der Waals surface area contributed by atoms with E-state index in [0.717, 1.165) is 49.4 Å². The zero-order valence-corrected chi connectivity index (χ0v) is 17.3. The summed E-state index contributed by atoms with van der Waals surface area (Å²) in [6.45, 7) is 3.33. The molecule has 1 fully saturated rings. The molecule has 0 saturated carbocycles. The van der Waals surface area contributed by atoms with Crippen molar-refractivity contribution in [3.8, 4) is 11.3 Å². The Balaban J connectivity index is 1.24. The minimum absolute atomic E-state index is 0.375. The maximum absolute atomic E-state index is 6.08. The second kappa shape index (κ2) is 8.41. The molecule has 0 unspecified atom stereocenters. The Hall–Kier alpha value is -2.98. The van der Waals surface area contributed by atoms with Crippen LogP contribution in [-0.2, 0) is 19.4 Å².